The SMILES string of the molecule is CCCC(=O)c1ccc2c(c1)N(CC(=O)OCC(C)C)C(=O)CO2. The second kappa shape index (κ2) is 7.95. The molecule has 0 unspecified atom stereocenters. The van der Waals surface area contributed by atoms with Crippen molar-refractivity contribution in [3.05, 3.63) is 23.8 Å². The molecule has 0 fully saturated rings. The van der Waals surface area contributed by atoms with Crippen LogP contribution in [0.15, 0.2) is 18.2 Å². The summed E-state index contributed by atoms with van der Waals surface area (Å²) >= 11 is 0. The van der Waals surface area contributed by atoms with E-state index in [4.69, 9.17) is 9.47 Å². The van der Waals surface area contributed by atoms with Gasteiger partial charge in [-0.05, 0) is 30.5 Å². The highest BCUT2D eigenvalue weighted by atomic mass is 16.5. The number of carbonyl (C=O) groups is 3. The molecule has 0 saturated carbocycles. The molecule has 1 aliphatic heterocycles. The van der Waals surface area contributed by atoms with Crippen molar-refractivity contribution in [3.63, 3.8) is 0 Å². The van der Waals surface area contributed by atoms with Gasteiger partial charge in [-0.1, -0.05) is 20.8 Å². The van der Waals surface area contributed by atoms with E-state index in [2.05, 4.69) is 0 Å². The van der Waals surface area contributed by atoms with Gasteiger partial charge in [-0.2, -0.15) is 0 Å². The van der Waals surface area contributed by atoms with Gasteiger partial charge >= 0.3 is 5.97 Å². The summed E-state index contributed by atoms with van der Waals surface area (Å²) in [6.07, 6.45) is 1.18. The predicted molar refractivity (Wildman–Crippen MR) is 89.3 cm³/mol. The van der Waals surface area contributed by atoms with Gasteiger partial charge in [0.15, 0.2) is 12.4 Å². The third-order valence-corrected chi connectivity index (χ3v) is 3.57. The van der Waals surface area contributed by atoms with E-state index >= 15 is 0 Å². The number of nitrogens with zero attached hydrogens (tertiary/aromatic N) is 1. The highest BCUT2D eigenvalue weighted by molar-refractivity contribution is 6.04. The van der Waals surface area contributed by atoms with Crippen LogP contribution in [0.4, 0.5) is 5.69 Å². The van der Waals surface area contributed by atoms with E-state index in [0.717, 1.165) is 6.42 Å². The van der Waals surface area contributed by atoms with Gasteiger partial charge in [-0.3, -0.25) is 19.3 Å². The first-order valence-corrected chi connectivity index (χ1v) is 8.18. The molecule has 1 heterocycles. The van der Waals surface area contributed by atoms with E-state index < -0.39 is 5.97 Å². The number of hydrogen-bond donors (Lipinski definition) is 0. The van der Waals surface area contributed by atoms with Crippen molar-refractivity contribution in [3.8, 4) is 5.75 Å². The Balaban J connectivity index is 2.21. The fourth-order valence-electron chi connectivity index (χ4n) is 2.35. The Morgan fingerprint density at radius 1 is 1.33 bits per heavy atom. The third kappa shape index (κ3) is 4.34. The number of anilines is 1. The standard InChI is InChI=1S/C18H23NO5/c1-4-5-15(20)13-6-7-16-14(8-13)19(17(21)11-23-16)9-18(22)24-10-12(2)3/h6-8,12H,4-5,9-11H2,1-3H3. The molecule has 0 aliphatic carbocycles. The molecular weight excluding hydrogens is 310 g/mol. The Bertz CT molecular complexity index is 638. The minimum absolute atomic E-state index is 0.000608. The molecule has 1 aromatic rings. The lowest BCUT2D eigenvalue weighted by atomic mass is 10.0. The average molecular weight is 333 g/mol. The highest BCUT2D eigenvalue weighted by Gasteiger charge is 2.28. The zero-order valence-electron chi connectivity index (χ0n) is 14.3. The van der Waals surface area contributed by atoms with E-state index in [1.165, 1.54) is 4.90 Å². The molecule has 1 amide bonds. The lowest BCUT2D eigenvalue weighted by Crippen LogP contribution is -2.42. The maximum atomic E-state index is 12.1. The van der Waals surface area contributed by atoms with Gasteiger partial charge < -0.3 is 9.47 Å². The normalized spacial score (nSPS) is 13.5. The monoisotopic (exact) mass is 333 g/mol. The van der Waals surface area contributed by atoms with Gasteiger partial charge in [-0.25, -0.2) is 0 Å². The quantitative estimate of drug-likeness (QED) is 0.566. The number of amides is 1. The van der Waals surface area contributed by atoms with Crippen LogP contribution in [0.25, 0.3) is 0 Å². The van der Waals surface area contributed by atoms with Crippen LogP contribution in [-0.2, 0) is 14.3 Å². The number of carbonyl (C=O) groups excluding carboxylic acids is 3. The van der Waals surface area contributed by atoms with E-state index in [9.17, 15) is 14.4 Å². The van der Waals surface area contributed by atoms with Gasteiger partial charge in [0, 0.05) is 12.0 Å². The van der Waals surface area contributed by atoms with E-state index in [0.29, 0.717) is 30.0 Å². The zero-order valence-corrected chi connectivity index (χ0v) is 14.3. The van der Waals surface area contributed by atoms with E-state index in [1.807, 2.05) is 20.8 Å². The molecule has 0 bridgehead atoms. The topological polar surface area (TPSA) is 72.9 Å². The largest absolute Gasteiger partial charge is 0.482 e. The van der Waals surface area contributed by atoms with Gasteiger partial charge in [0.25, 0.3) is 5.91 Å². The Kier molecular flexibility index (Phi) is 5.95. The van der Waals surface area contributed by atoms with Crippen molar-refractivity contribution < 1.29 is 23.9 Å². The molecular formula is C18H23NO5. The molecule has 0 saturated heterocycles. The fraction of sp³-hybridized carbons (Fsp3) is 0.500. The van der Waals surface area contributed by atoms with Crippen LogP contribution in [0.3, 0.4) is 0 Å². The number of hydrogen-bond acceptors (Lipinski definition) is 5. The number of rotatable bonds is 7. The first-order chi connectivity index (χ1) is 11.4. The fourth-order valence-corrected chi connectivity index (χ4v) is 2.35. The highest BCUT2D eigenvalue weighted by Crippen LogP contribution is 2.33. The number of esters is 1. The van der Waals surface area contributed by atoms with Crippen LogP contribution in [-0.4, -0.2) is 37.4 Å². The van der Waals surface area contributed by atoms with Crippen LogP contribution in [0.5, 0.6) is 5.75 Å². The summed E-state index contributed by atoms with van der Waals surface area (Å²) in [6, 6.07) is 4.96. The third-order valence-electron chi connectivity index (χ3n) is 3.57. The first kappa shape index (κ1) is 18.0. The molecule has 24 heavy (non-hydrogen) atoms. The summed E-state index contributed by atoms with van der Waals surface area (Å²) in [6.45, 7) is 5.79. The zero-order chi connectivity index (χ0) is 17.7. The summed E-state index contributed by atoms with van der Waals surface area (Å²) in [4.78, 5) is 37.5. The summed E-state index contributed by atoms with van der Waals surface area (Å²) in [5, 5.41) is 0. The number of Topliss-reactive ketones (excluding diaryl/α,β-unsaturated/α-hetero) is 1. The number of benzene rings is 1. The molecule has 0 atom stereocenters. The number of ketones is 1. The molecule has 6 heteroatoms. The molecule has 1 aliphatic rings. The molecule has 0 radical (unpaired) electrons. The van der Waals surface area contributed by atoms with Crippen molar-refractivity contribution in [1.29, 1.82) is 0 Å². The molecule has 130 valence electrons. The molecule has 0 aromatic heterocycles. The molecule has 0 spiro atoms. The predicted octanol–water partition coefficient (Wildman–Crippen LogP) is 2.59. The lowest BCUT2D eigenvalue weighted by Gasteiger charge is -2.29. The smallest absolute Gasteiger partial charge is 0.326 e. The van der Waals surface area contributed by atoms with Crippen molar-refractivity contribution in [2.75, 3.05) is 24.7 Å². The maximum absolute atomic E-state index is 12.1. The molecule has 1 aromatic carbocycles. The molecule has 2 rings (SSSR count). The van der Waals surface area contributed by atoms with E-state index in [-0.39, 0.29) is 30.8 Å². The van der Waals surface area contributed by atoms with Crippen LogP contribution < -0.4 is 9.64 Å². The van der Waals surface area contributed by atoms with Crippen LogP contribution in [0.1, 0.15) is 44.0 Å². The van der Waals surface area contributed by atoms with Crippen LogP contribution in [0, 0.1) is 5.92 Å². The van der Waals surface area contributed by atoms with Gasteiger partial charge in [0.2, 0.25) is 0 Å². The van der Waals surface area contributed by atoms with Crippen LogP contribution >= 0.6 is 0 Å². The minimum atomic E-state index is -0.477. The molecule has 0 N–H and O–H groups in total. The molecule has 6 nitrogen and oxygen atoms in total. The van der Waals surface area contributed by atoms with Crippen molar-refractivity contribution >= 4 is 23.3 Å². The van der Waals surface area contributed by atoms with Gasteiger partial charge in [-0.15, -0.1) is 0 Å². The van der Waals surface area contributed by atoms with Gasteiger partial charge in [0.1, 0.15) is 12.3 Å². The van der Waals surface area contributed by atoms with Crippen molar-refractivity contribution in [1.82, 2.24) is 0 Å². The van der Waals surface area contributed by atoms with Crippen LogP contribution in [0.2, 0.25) is 0 Å². The Labute approximate surface area is 141 Å². The maximum Gasteiger partial charge on any atom is 0.326 e. The van der Waals surface area contributed by atoms with E-state index in [1.54, 1.807) is 18.2 Å². The Hall–Kier alpha value is -2.37. The minimum Gasteiger partial charge on any atom is -0.482 e. The summed E-state index contributed by atoms with van der Waals surface area (Å²) < 4.78 is 10.5. The second-order valence-corrected chi connectivity index (χ2v) is 6.20. The number of fused-ring (bicyclic) bond motifs is 1. The average Bonchev–Trinajstić information content (AvgIpc) is 2.55. The summed E-state index contributed by atoms with van der Waals surface area (Å²) in [5.41, 5.74) is 0.948. The second-order valence-electron chi connectivity index (χ2n) is 6.20. The summed E-state index contributed by atoms with van der Waals surface area (Å²) in [7, 11) is 0. The number of ether oxygens (including phenoxy) is 2. The van der Waals surface area contributed by atoms with Gasteiger partial charge in [0.05, 0.1) is 12.3 Å². The lowest BCUT2D eigenvalue weighted by molar-refractivity contribution is -0.144. The Morgan fingerprint density at radius 2 is 2.08 bits per heavy atom. The van der Waals surface area contributed by atoms with Crippen molar-refractivity contribution in [2.45, 2.75) is 33.6 Å². The summed E-state index contributed by atoms with van der Waals surface area (Å²) in [5.74, 6) is -0.0980. The Morgan fingerprint density at radius 3 is 2.75 bits per heavy atom. The first-order valence-electron chi connectivity index (χ1n) is 8.18. The van der Waals surface area contributed by atoms with Crippen molar-refractivity contribution in [2.24, 2.45) is 5.92 Å².